The Labute approximate surface area is 98.8 Å². The quantitative estimate of drug-likeness (QED) is 0.738. The summed E-state index contributed by atoms with van der Waals surface area (Å²) in [7, 11) is 0. The molecule has 1 aliphatic heterocycles. The fourth-order valence-corrected chi connectivity index (χ4v) is 2.01. The first-order chi connectivity index (χ1) is 6.94. The zero-order chi connectivity index (χ0) is 11.5. The molecule has 0 aromatic heterocycles. The summed E-state index contributed by atoms with van der Waals surface area (Å²) in [5, 5.41) is 0. The topological polar surface area (TPSA) is 20.3 Å². The van der Waals surface area contributed by atoms with Crippen molar-refractivity contribution in [1.82, 2.24) is 4.90 Å². The molecule has 1 aliphatic rings. The number of thiol groups is 1. The summed E-state index contributed by atoms with van der Waals surface area (Å²) in [5.74, 6) is 1.85. The Morgan fingerprint density at radius 2 is 2.13 bits per heavy atom. The molecule has 0 aromatic carbocycles. The number of carbonyl (C=O) groups is 1. The summed E-state index contributed by atoms with van der Waals surface area (Å²) >= 11 is 4.34. The summed E-state index contributed by atoms with van der Waals surface area (Å²) in [5.41, 5.74) is 0.131. The molecular formula is C12H23NOS. The molecule has 0 N–H and O–H groups in total. The minimum absolute atomic E-state index is 0.131. The van der Waals surface area contributed by atoms with Crippen molar-refractivity contribution in [3.8, 4) is 0 Å². The van der Waals surface area contributed by atoms with Gasteiger partial charge in [-0.1, -0.05) is 20.8 Å². The maximum Gasteiger partial charge on any atom is 0.222 e. The van der Waals surface area contributed by atoms with E-state index in [2.05, 4.69) is 33.4 Å². The first-order valence-corrected chi connectivity index (χ1v) is 6.46. The molecule has 0 bridgehead atoms. The third-order valence-corrected chi connectivity index (χ3v) is 4.00. The second kappa shape index (κ2) is 5.24. The van der Waals surface area contributed by atoms with E-state index >= 15 is 0 Å². The zero-order valence-corrected chi connectivity index (χ0v) is 11.0. The van der Waals surface area contributed by atoms with Gasteiger partial charge in [0.15, 0.2) is 0 Å². The summed E-state index contributed by atoms with van der Waals surface area (Å²) in [6.07, 6.45) is 2.93. The summed E-state index contributed by atoms with van der Waals surface area (Å²) in [4.78, 5) is 13.9. The van der Waals surface area contributed by atoms with Crippen molar-refractivity contribution in [2.75, 3.05) is 18.8 Å². The molecule has 1 unspecified atom stereocenters. The van der Waals surface area contributed by atoms with Crippen LogP contribution in [0.1, 0.15) is 40.0 Å². The van der Waals surface area contributed by atoms with E-state index in [-0.39, 0.29) is 5.41 Å². The molecule has 0 radical (unpaired) electrons. The van der Waals surface area contributed by atoms with Crippen molar-refractivity contribution in [2.24, 2.45) is 11.3 Å². The van der Waals surface area contributed by atoms with Gasteiger partial charge in [-0.05, 0) is 29.9 Å². The van der Waals surface area contributed by atoms with Crippen LogP contribution < -0.4 is 0 Å². The Morgan fingerprint density at radius 3 is 2.73 bits per heavy atom. The number of amides is 1. The first kappa shape index (κ1) is 12.9. The average molecular weight is 229 g/mol. The fourth-order valence-electron chi connectivity index (χ4n) is 1.91. The Morgan fingerprint density at radius 1 is 1.47 bits per heavy atom. The maximum atomic E-state index is 11.9. The summed E-state index contributed by atoms with van der Waals surface area (Å²) in [6, 6.07) is 0. The maximum absolute atomic E-state index is 11.9. The molecule has 1 atom stereocenters. The molecule has 3 heteroatoms. The highest BCUT2D eigenvalue weighted by Gasteiger charge is 2.26. The van der Waals surface area contributed by atoms with Crippen LogP contribution in [0.4, 0.5) is 0 Å². The minimum Gasteiger partial charge on any atom is -0.342 e. The van der Waals surface area contributed by atoms with Crippen molar-refractivity contribution in [3.05, 3.63) is 0 Å². The van der Waals surface area contributed by atoms with E-state index in [4.69, 9.17) is 0 Å². The molecule has 0 saturated carbocycles. The average Bonchev–Trinajstić information content (AvgIpc) is 2.33. The van der Waals surface area contributed by atoms with E-state index in [1.165, 1.54) is 0 Å². The lowest BCUT2D eigenvalue weighted by atomic mass is 9.95. The lowest BCUT2D eigenvalue weighted by Crippen LogP contribution is -2.39. The monoisotopic (exact) mass is 229 g/mol. The van der Waals surface area contributed by atoms with Gasteiger partial charge in [0, 0.05) is 19.5 Å². The smallest absolute Gasteiger partial charge is 0.222 e. The molecular weight excluding hydrogens is 206 g/mol. The predicted molar refractivity (Wildman–Crippen MR) is 67.2 cm³/mol. The van der Waals surface area contributed by atoms with Crippen molar-refractivity contribution in [1.29, 1.82) is 0 Å². The van der Waals surface area contributed by atoms with E-state index in [1.807, 2.05) is 4.90 Å². The molecule has 2 nitrogen and oxygen atoms in total. The van der Waals surface area contributed by atoms with Gasteiger partial charge in [-0.2, -0.15) is 12.6 Å². The van der Waals surface area contributed by atoms with Gasteiger partial charge >= 0.3 is 0 Å². The Kier molecular flexibility index (Phi) is 4.50. The second-order valence-corrected chi connectivity index (χ2v) is 5.89. The van der Waals surface area contributed by atoms with Gasteiger partial charge in [-0.25, -0.2) is 0 Å². The zero-order valence-electron chi connectivity index (χ0n) is 10.1. The Hall–Kier alpha value is -0.180. The van der Waals surface area contributed by atoms with E-state index in [9.17, 15) is 4.79 Å². The lowest BCUT2D eigenvalue weighted by molar-refractivity contribution is -0.131. The molecule has 15 heavy (non-hydrogen) atoms. The molecule has 1 saturated heterocycles. The van der Waals surface area contributed by atoms with Gasteiger partial charge in [0.1, 0.15) is 0 Å². The number of nitrogens with zero attached hydrogens (tertiary/aromatic N) is 1. The Balaban J connectivity index is 2.56. The van der Waals surface area contributed by atoms with Crippen LogP contribution >= 0.6 is 12.6 Å². The van der Waals surface area contributed by atoms with Gasteiger partial charge < -0.3 is 4.90 Å². The highest BCUT2D eigenvalue weighted by atomic mass is 32.1. The van der Waals surface area contributed by atoms with E-state index in [1.54, 1.807) is 0 Å². The SMILES string of the molecule is CC1CCC(=O)N(CC(C)(C)CS)CC1. The molecule has 1 amide bonds. The van der Waals surface area contributed by atoms with Crippen LogP contribution in [0.2, 0.25) is 0 Å². The normalized spacial score (nSPS) is 24.1. The van der Waals surface area contributed by atoms with Crippen molar-refractivity contribution >= 4 is 18.5 Å². The fraction of sp³-hybridized carbons (Fsp3) is 0.917. The first-order valence-electron chi connectivity index (χ1n) is 5.83. The Bertz CT molecular complexity index is 228. The third kappa shape index (κ3) is 4.06. The lowest BCUT2D eigenvalue weighted by Gasteiger charge is -2.31. The molecule has 0 aliphatic carbocycles. The van der Waals surface area contributed by atoms with E-state index in [0.717, 1.165) is 38.1 Å². The van der Waals surface area contributed by atoms with Gasteiger partial charge in [0.25, 0.3) is 0 Å². The van der Waals surface area contributed by atoms with Crippen LogP contribution in [0, 0.1) is 11.3 Å². The van der Waals surface area contributed by atoms with Crippen LogP contribution in [-0.2, 0) is 4.79 Å². The highest BCUT2D eigenvalue weighted by Crippen LogP contribution is 2.23. The van der Waals surface area contributed by atoms with Gasteiger partial charge in [-0.3, -0.25) is 4.79 Å². The van der Waals surface area contributed by atoms with Crippen molar-refractivity contribution in [2.45, 2.75) is 40.0 Å². The van der Waals surface area contributed by atoms with E-state index in [0.29, 0.717) is 11.8 Å². The molecule has 0 aromatic rings. The number of hydrogen-bond acceptors (Lipinski definition) is 2. The third-order valence-electron chi connectivity index (χ3n) is 3.14. The van der Waals surface area contributed by atoms with Crippen LogP contribution in [0.25, 0.3) is 0 Å². The molecule has 88 valence electrons. The highest BCUT2D eigenvalue weighted by molar-refractivity contribution is 7.80. The number of rotatable bonds is 3. The molecule has 1 rings (SSSR count). The van der Waals surface area contributed by atoms with Crippen molar-refractivity contribution in [3.63, 3.8) is 0 Å². The number of hydrogen-bond donors (Lipinski definition) is 1. The van der Waals surface area contributed by atoms with Crippen LogP contribution in [0.15, 0.2) is 0 Å². The molecule has 0 spiro atoms. The van der Waals surface area contributed by atoms with Crippen molar-refractivity contribution < 1.29 is 4.79 Å². The summed E-state index contributed by atoms with van der Waals surface area (Å²) < 4.78 is 0. The van der Waals surface area contributed by atoms with Crippen LogP contribution in [0.3, 0.4) is 0 Å². The number of carbonyl (C=O) groups excluding carboxylic acids is 1. The minimum atomic E-state index is 0.131. The van der Waals surface area contributed by atoms with Crippen LogP contribution in [-0.4, -0.2) is 29.6 Å². The van der Waals surface area contributed by atoms with E-state index < -0.39 is 0 Å². The van der Waals surface area contributed by atoms with Gasteiger partial charge in [0.05, 0.1) is 0 Å². The second-order valence-electron chi connectivity index (χ2n) is 5.57. The standard InChI is InChI=1S/C12H23NOS/c1-10-4-5-11(14)13(7-6-10)8-12(2,3)9-15/h10,15H,4-9H2,1-3H3. The van der Waals surface area contributed by atoms with Gasteiger partial charge in [-0.15, -0.1) is 0 Å². The van der Waals surface area contributed by atoms with Gasteiger partial charge in [0.2, 0.25) is 5.91 Å². The number of likely N-dealkylation sites (tertiary alicyclic amines) is 1. The predicted octanol–water partition coefficient (Wildman–Crippen LogP) is 2.59. The van der Waals surface area contributed by atoms with Crippen LogP contribution in [0.5, 0.6) is 0 Å². The molecule has 1 heterocycles. The molecule has 1 fully saturated rings. The largest absolute Gasteiger partial charge is 0.342 e. The summed E-state index contributed by atoms with van der Waals surface area (Å²) in [6.45, 7) is 8.35.